The van der Waals surface area contributed by atoms with E-state index >= 15 is 0 Å². The molecule has 20 heteroatoms. The predicted octanol–water partition coefficient (Wildman–Crippen LogP) is 10.3. The van der Waals surface area contributed by atoms with Crippen LogP contribution in [0.5, 0.6) is 0 Å². The fourth-order valence-corrected chi connectivity index (χ4v) is 6.20. The Morgan fingerprint density at radius 3 is 1.59 bits per heavy atom. The van der Waals surface area contributed by atoms with Gasteiger partial charge in [0.15, 0.2) is 11.2 Å². The molecule has 344 valence electrons. The fourth-order valence-electron chi connectivity index (χ4n) is 5.85. The standard InChI is InChI=1S/C17H22FN3O3.C16H22N2O4.C8H5BrFNO.CH2I.CH3.2V/c1-11-12-9-14(13(18)10-15(12)24-19-11)20-5-7-21(8-6-20)16(22)23-17(2,3)4;1-16(2,3)21-15(20)17-9-11-18(12-10-17)22-14(19)13-7-5-4-6-8-13;1-4-5-2-6(9)7(10)3-8(5)12-11-4;1-2;;;/h9-10H,5-8H2,1-4H3;4-8H,9-12H2,1-3H3;2-3H,1H3;1H2;1H3;;/q;;;2*-1;;. The van der Waals surface area contributed by atoms with Crippen molar-refractivity contribution in [3.05, 3.63) is 100 Å². The van der Waals surface area contributed by atoms with Gasteiger partial charge in [-0.3, -0.25) is 4.93 Å². The number of ether oxygens (including phenoxy) is 2. The SMILES string of the molecule is CC(C)(C)OC(=O)N1CCN(OC(=O)c2ccccc2)CC1.Cc1noc2cc(F)c(Br)cc12.Cc1noc2cc(F)c(N3CCN(C(=O)OC(C)(C)C)CC3)cc12.[CH2-]I.[CH3-].[V].[V]. The summed E-state index contributed by atoms with van der Waals surface area (Å²) in [5, 5.41) is 10.8. The Labute approximate surface area is 414 Å². The molecule has 0 unspecified atom stereocenters. The zero-order valence-electron chi connectivity index (χ0n) is 36.9. The summed E-state index contributed by atoms with van der Waals surface area (Å²) in [5.41, 5.74) is 2.43. The molecule has 2 saturated heterocycles. The molecular weight excluding hydrogens is 1080 g/mol. The van der Waals surface area contributed by atoms with E-state index in [1.807, 2.05) is 88.9 Å². The molecule has 0 bridgehead atoms. The van der Waals surface area contributed by atoms with Gasteiger partial charge in [-0.15, -0.1) is 5.06 Å². The maximum Gasteiger partial charge on any atom is 0.410 e. The van der Waals surface area contributed by atoms with Gasteiger partial charge in [0.1, 0.15) is 22.8 Å². The molecule has 2 amide bonds. The molecule has 2 radical (unpaired) electrons. The van der Waals surface area contributed by atoms with Gasteiger partial charge in [-0.05, 0) is 95.6 Å². The molecule has 2 aliphatic rings. The van der Waals surface area contributed by atoms with E-state index < -0.39 is 11.2 Å². The van der Waals surface area contributed by atoms with Crippen LogP contribution < -0.4 is 4.90 Å². The monoisotopic (exact) mass is 1130 g/mol. The van der Waals surface area contributed by atoms with E-state index in [0.29, 0.717) is 79.2 Å². The molecule has 0 saturated carbocycles. The molecule has 5 aromatic rings. The summed E-state index contributed by atoms with van der Waals surface area (Å²) in [6.07, 6.45) is -0.658. The number of hydrogen-bond acceptors (Lipinski definition) is 12. The van der Waals surface area contributed by atoms with Crippen molar-refractivity contribution >= 4 is 84.3 Å². The number of aromatic nitrogens is 2. The number of nitrogens with zero attached hydrogens (tertiary/aromatic N) is 6. The molecule has 0 N–H and O–H groups in total. The normalized spacial score (nSPS) is 13.9. The van der Waals surface area contributed by atoms with Gasteiger partial charge < -0.3 is 68.1 Å². The van der Waals surface area contributed by atoms with Gasteiger partial charge in [-0.25, -0.2) is 23.2 Å². The van der Waals surface area contributed by atoms with Crippen molar-refractivity contribution in [2.24, 2.45) is 0 Å². The molecule has 0 spiro atoms. The molecule has 0 aliphatic carbocycles. The maximum atomic E-state index is 14.4. The van der Waals surface area contributed by atoms with Gasteiger partial charge in [0.05, 0.1) is 40.2 Å². The number of anilines is 1. The van der Waals surface area contributed by atoms with Gasteiger partial charge >= 0.3 is 18.2 Å². The first-order chi connectivity index (χ1) is 28.3. The van der Waals surface area contributed by atoms with Gasteiger partial charge in [-0.1, -0.05) is 28.5 Å². The average Bonchev–Trinajstić information content (AvgIpc) is 3.74. The van der Waals surface area contributed by atoms with Crippen molar-refractivity contribution in [2.45, 2.75) is 66.6 Å². The zero-order valence-corrected chi connectivity index (χ0v) is 43.5. The second kappa shape index (κ2) is 25.9. The zero-order chi connectivity index (χ0) is 44.4. The molecule has 7 rings (SSSR count). The number of fused-ring (bicyclic) bond motifs is 2. The molecule has 0 atom stereocenters. The third-order valence-electron chi connectivity index (χ3n) is 8.80. The van der Waals surface area contributed by atoms with Crippen LogP contribution in [-0.2, 0) is 51.4 Å². The van der Waals surface area contributed by atoms with Gasteiger partial charge in [0.2, 0.25) is 0 Å². The van der Waals surface area contributed by atoms with Crippen LogP contribution in [0.1, 0.15) is 63.3 Å². The number of piperazine rings is 2. The van der Waals surface area contributed by atoms with Crippen LogP contribution in [0.25, 0.3) is 21.9 Å². The molecule has 2 fully saturated rings. The Hall–Kier alpha value is -3.39. The summed E-state index contributed by atoms with van der Waals surface area (Å²) in [6.45, 7) is 18.6. The Kier molecular flexibility index (Phi) is 23.7. The number of aryl methyl sites for hydroxylation is 2. The largest absolute Gasteiger partial charge is 0.444 e. The minimum Gasteiger partial charge on any atom is -0.444 e. The molecule has 2 aromatic heterocycles. The molecule has 14 nitrogen and oxygen atoms in total. The van der Waals surface area contributed by atoms with Crippen LogP contribution in [0.15, 0.2) is 68.1 Å². The van der Waals surface area contributed by atoms with Crippen LogP contribution in [0.2, 0.25) is 0 Å². The summed E-state index contributed by atoms with van der Waals surface area (Å²) >= 11 is 4.99. The van der Waals surface area contributed by atoms with Gasteiger partial charge in [0.25, 0.3) is 0 Å². The maximum absolute atomic E-state index is 14.4. The molecule has 2 aliphatic heterocycles. The van der Waals surface area contributed by atoms with Gasteiger partial charge in [0, 0.05) is 99.3 Å². The van der Waals surface area contributed by atoms with Gasteiger partial charge in [-0.2, -0.15) is 0 Å². The molecule has 63 heavy (non-hydrogen) atoms. The average molecular weight is 1130 g/mol. The van der Waals surface area contributed by atoms with E-state index in [1.165, 1.54) is 12.1 Å². The van der Waals surface area contributed by atoms with E-state index in [-0.39, 0.29) is 74.3 Å². The fraction of sp³-hybridized carbons (Fsp3) is 0.419. The van der Waals surface area contributed by atoms with Crippen LogP contribution >= 0.6 is 38.5 Å². The first-order valence-corrected chi connectivity index (χ1v) is 21.4. The number of hydrogen-bond donors (Lipinski definition) is 0. The van der Waals surface area contributed by atoms with Crippen molar-refractivity contribution in [1.82, 2.24) is 25.2 Å². The first-order valence-electron chi connectivity index (χ1n) is 19.0. The summed E-state index contributed by atoms with van der Waals surface area (Å²) in [5.74, 6) is -1.06. The third kappa shape index (κ3) is 17.2. The minimum atomic E-state index is -0.517. The number of rotatable bonds is 3. The van der Waals surface area contributed by atoms with E-state index in [4.69, 9.17) is 23.4 Å². The third-order valence-corrected chi connectivity index (χ3v) is 9.40. The van der Waals surface area contributed by atoms with Crippen molar-refractivity contribution in [1.29, 1.82) is 0 Å². The van der Waals surface area contributed by atoms with E-state index in [9.17, 15) is 23.2 Å². The smallest absolute Gasteiger partial charge is 0.410 e. The quantitative estimate of drug-likeness (QED) is 0.125. The number of halogens is 4. The van der Waals surface area contributed by atoms with Crippen LogP contribution in [0.3, 0.4) is 0 Å². The number of benzene rings is 3. The first kappa shape index (κ1) is 57.6. The molecule has 4 heterocycles. The number of amides is 2. The summed E-state index contributed by atoms with van der Waals surface area (Å²) in [4.78, 5) is 49.7. The van der Waals surface area contributed by atoms with Crippen molar-refractivity contribution < 1.29 is 83.6 Å². The predicted molar refractivity (Wildman–Crippen MR) is 242 cm³/mol. The Morgan fingerprint density at radius 2 is 1.13 bits per heavy atom. The van der Waals surface area contributed by atoms with Crippen molar-refractivity contribution in [2.75, 3.05) is 57.3 Å². The Bertz CT molecular complexity index is 2220. The van der Waals surface area contributed by atoms with E-state index in [2.05, 4.69) is 31.2 Å². The molecule has 3 aromatic carbocycles. The minimum absolute atomic E-state index is 0. The summed E-state index contributed by atoms with van der Waals surface area (Å²) < 4.78 is 48.4. The Morgan fingerprint density at radius 1 is 0.698 bits per heavy atom. The summed E-state index contributed by atoms with van der Waals surface area (Å²) in [6, 6.07) is 14.9. The number of carbonyl (C=O) groups excluding carboxylic acids is 3. The Balaban J connectivity index is 0.000000472. The number of hydroxylamine groups is 2. The van der Waals surface area contributed by atoms with Crippen LogP contribution in [-0.4, -0.2) is 107 Å². The second-order valence-corrected chi connectivity index (χ2v) is 16.5. The summed E-state index contributed by atoms with van der Waals surface area (Å²) in [7, 11) is 0. The van der Waals surface area contributed by atoms with Crippen LogP contribution in [0, 0.1) is 37.8 Å². The molecular formula is C43H54BrF2IN6O8V2-2. The number of carbonyl (C=O) groups is 3. The van der Waals surface area contributed by atoms with E-state index in [1.54, 1.807) is 51.3 Å². The second-order valence-electron chi connectivity index (χ2n) is 15.7. The van der Waals surface area contributed by atoms with Crippen molar-refractivity contribution in [3.63, 3.8) is 0 Å². The van der Waals surface area contributed by atoms with Crippen molar-refractivity contribution in [3.8, 4) is 0 Å². The van der Waals surface area contributed by atoms with Crippen LogP contribution in [0.4, 0.5) is 24.1 Å². The topological polar surface area (TPSA) is 144 Å². The van der Waals surface area contributed by atoms with E-state index in [0.717, 1.165) is 22.2 Å².